The van der Waals surface area contributed by atoms with Crippen LogP contribution in [-0.2, 0) is 16.1 Å². The molecule has 2 aromatic carbocycles. The van der Waals surface area contributed by atoms with Crippen LogP contribution in [0.5, 0.6) is 0 Å². The third-order valence-corrected chi connectivity index (χ3v) is 6.63. The summed E-state index contributed by atoms with van der Waals surface area (Å²) in [6.45, 7) is 6.29. The van der Waals surface area contributed by atoms with Gasteiger partial charge in [-0.15, -0.1) is 0 Å². The SMILES string of the molecule is O=C([C@H](c1ccccc1)N1CCN(Cc2nc(-c3ccc(Cl)cc3)no2)CC1)N1CCOCC1. The number of aromatic nitrogens is 2. The van der Waals surface area contributed by atoms with Gasteiger partial charge in [-0.05, 0) is 29.8 Å². The number of hydrogen-bond acceptors (Lipinski definition) is 7. The zero-order valence-corrected chi connectivity index (χ0v) is 19.7. The summed E-state index contributed by atoms with van der Waals surface area (Å²) in [7, 11) is 0. The standard InChI is InChI=1S/C25H28ClN5O3/c26-21-8-6-20(7-9-21)24-27-22(34-28-24)18-29-10-12-30(13-11-29)23(19-4-2-1-3-5-19)25(32)31-14-16-33-17-15-31/h1-9,23H,10-18H2/t23-/m0/s1. The largest absolute Gasteiger partial charge is 0.378 e. The van der Waals surface area contributed by atoms with Gasteiger partial charge < -0.3 is 14.2 Å². The topological polar surface area (TPSA) is 74.9 Å². The van der Waals surface area contributed by atoms with E-state index in [4.69, 9.17) is 20.9 Å². The van der Waals surface area contributed by atoms with E-state index in [9.17, 15) is 4.79 Å². The molecule has 0 saturated carbocycles. The van der Waals surface area contributed by atoms with Crippen molar-refractivity contribution in [2.24, 2.45) is 0 Å². The molecule has 1 amide bonds. The normalized spacial score (nSPS) is 18.7. The zero-order valence-electron chi connectivity index (χ0n) is 19.0. The number of ether oxygens (including phenoxy) is 1. The molecule has 0 aliphatic carbocycles. The molecule has 178 valence electrons. The highest BCUT2D eigenvalue weighted by Crippen LogP contribution is 2.26. The molecule has 9 heteroatoms. The van der Waals surface area contributed by atoms with Crippen LogP contribution in [0.4, 0.5) is 0 Å². The molecule has 3 heterocycles. The average Bonchev–Trinajstić information content (AvgIpc) is 3.35. The quantitative estimate of drug-likeness (QED) is 0.535. The van der Waals surface area contributed by atoms with E-state index in [0.29, 0.717) is 49.6 Å². The average molecular weight is 482 g/mol. The van der Waals surface area contributed by atoms with Crippen LogP contribution in [-0.4, -0.2) is 83.2 Å². The van der Waals surface area contributed by atoms with Gasteiger partial charge in [-0.3, -0.25) is 14.6 Å². The fraction of sp³-hybridized carbons (Fsp3) is 0.400. The highest BCUT2D eigenvalue weighted by Gasteiger charge is 2.34. The van der Waals surface area contributed by atoms with Crippen molar-refractivity contribution in [3.8, 4) is 11.4 Å². The molecule has 5 rings (SSSR count). The minimum Gasteiger partial charge on any atom is -0.378 e. The van der Waals surface area contributed by atoms with Crippen LogP contribution >= 0.6 is 11.6 Å². The van der Waals surface area contributed by atoms with E-state index in [1.165, 1.54) is 0 Å². The third-order valence-electron chi connectivity index (χ3n) is 6.37. The van der Waals surface area contributed by atoms with Gasteiger partial charge in [-0.1, -0.05) is 47.1 Å². The summed E-state index contributed by atoms with van der Waals surface area (Å²) in [6, 6.07) is 17.2. The Hall–Kier alpha value is -2.78. The van der Waals surface area contributed by atoms with E-state index < -0.39 is 0 Å². The van der Waals surface area contributed by atoms with Crippen molar-refractivity contribution in [3.63, 3.8) is 0 Å². The summed E-state index contributed by atoms with van der Waals surface area (Å²) in [6.07, 6.45) is 0. The lowest BCUT2D eigenvalue weighted by Crippen LogP contribution is -2.52. The Kier molecular flexibility index (Phi) is 7.20. The molecule has 1 aromatic heterocycles. The van der Waals surface area contributed by atoms with Crippen molar-refractivity contribution in [2.45, 2.75) is 12.6 Å². The molecule has 0 radical (unpaired) electrons. The third kappa shape index (κ3) is 5.31. The number of benzene rings is 2. The Morgan fingerprint density at radius 1 is 0.941 bits per heavy atom. The smallest absolute Gasteiger partial charge is 0.244 e. The molecule has 2 fully saturated rings. The number of nitrogens with zero attached hydrogens (tertiary/aromatic N) is 5. The number of amides is 1. The summed E-state index contributed by atoms with van der Waals surface area (Å²) in [5.41, 5.74) is 1.91. The first-order valence-corrected chi connectivity index (χ1v) is 12.0. The maximum Gasteiger partial charge on any atom is 0.244 e. The Morgan fingerprint density at radius 2 is 1.65 bits per heavy atom. The van der Waals surface area contributed by atoms with Crippen LogP contribution in [0.25, 0.3) is 11.4 Å². The molecule has 8 nitrogen and oxygen atoms in total. The minimum atomic E-state index is -0.277. The molecule has 0 bridgehead atoms. The molecule has 0 N–H and O–H groups in total. The first-order valence-electron chi connectivity index (χ1n) is 11.6. The number of halogens is 1. The lowest BCUT2D eigenvalue weighted by atomic mass is 10.0. The van der Waals surface area contributed by atoms with E-state index in [0.717, 1.165) is 37.3 Å². The van der Waals surface area contributed by atoms with Crippen LogP contribution in [0.3, 0.4) is 0 Å². The van der Waals surface area contributed by atoms with E-state index in [1.807, 2.05) is 59.5 Å². The van der Waals surface area contributed by atoms with Crippen molar-refractivity contribution in [1.82, 2.24) is 24.8 Å². The van der Waals surface area contributed by atoms with Crippen LogP contribution in [0.1, 0.15) is 17.5 Å². The van der Waals surface area contributed by atoms with Crippen LogP contribution in [0.2, 0.25) is 5.02 Å². The van der Waals surface area contributed by atoms with Crippen molar-refractivity contribution in [1.29, 1.82) is 0 Å². The summed E-state index contributed by atoms with van der Waals surface area (Å²) in [4.78, 5) is 24.6. The summed E-state index contributed by atoms with van der Waals surface area (Å²) < 4.78 is 10.9. The van der Waals surface area contributed by atoms with Gasteiger partial charge in [0.25, 0.3) is 0 Å². The Balaban J connectivity index is 1.23. The van der Waals surface area contributed by atoms with Gasteiger partial charge in [0.15, 0.2) is 0 Å². The van der Waals surface area contributed by atoms with E-state index in [1.54, 1.807) is 0 Å². The maximum absolute atomic E-state index is 13.5. The summed E-state index contributed by atoms with van der Waals surface area (Å²) >= 11 is 5.97. The molecule has 2 aliphatic heterocycles. The highest BCUT2D eigenvalue weighted by molar-refractivity contribution is 6.30. The Labute approximate surface area is 204 Å². The molecule has 1 atom stereocenters. The fourth-order valence-corrected chi connectivity index (χ4v) is 4.63. The molecule has 2 aliphatic rings. The van der Waals surface area contributed by atoms with Gasteiger partial charge in [0.2, 0.25) is 17.6 Å². The van der Waals surface area contributed by atoms with Gasteiger partial charge in [-0.2, -0.15) is 4.98 Å². The van der Waals surface area contributed by atoms with Gasteiger partial charge >= 0.3 is 0 Å². The number of carbonyl (C=O) groups is 1. The summed E-state index contributed by atoms with van der Waals surface area (Å²) in [5.74, 6) is 1.31. The fourth-order valence-electron chi connectivity index (χ4n) is 4.51. The second kappa shape index (κ2) is 10.7. The number of piperazine rings is 1. The first-order chi connectivity index (χ1) is 16.7. The Morgan fingerprint density at radius 3 is 2.35 bits per heavy atom. The highest BCUT2D eigenvalue weighted by atomic mass is 35.5. The minimum absolute atomic E-state index is 0.160. The van der Waals surface area contributed by atoms with Crippen LogP contribution < -0.4 is 0 Å². The molecule has 0 spiro atoms. The number of rotatable bonds is 6. The molecule has 3 aromatic rings. The summed E-state index contributed by atoms with van der Waals surface area (Å²) in [5, 5.41) is 4.79. The number of hydrogen-bond donors (Lipinski definition) is 0. The molecule has 34 heavy (non-hydrogen) atoms. The van der Waals surface area contributed by atoms with Crippen LogP contribution in [0, 0.1) is 0 Å². The second-order valence-corrected chi connectivity index (χ2v) is 9.02. The monoisotopic (exact) mass is 481 g/mol. The van der Waals surface area contributed by atoms with Crippen molar-refractivity contribution in [2.75, 3.05) is 52.5 Å². The van der Waals surface area contributed by atoms with E-state index in [2.05, 4.69) is 19.9 Å². The Bertz CT molecular complexity index is 1080. The molecule has 2 saturated heterocycles. The number of carbonyl (C=O) groups excluding carboxylic acids is 1. The predicted octanol–water partition coefficient (Wildman–Crippen LogP) is 3.11. The maximum atomic E-state index is 13.5. The molecule has 0 unspecified atom stereocenters. The second-order valence-electron chi connectivity index (χ2n) is 8.58. The van der Waals surface area contributed by atoms with E-state index >= 15 is 0 Å². The first kappa shape index (κ1) is 23.0. The van der Waals surface area contributed by atoms with Crippen molar-refractivity contribution < 1.29 is 14.1 Å². The molecular weight excluding hydrogens is 454 g/mol. The molecular formula is C25H28ClN5O3. The van der Waals surface area contributed by atoms with Crippen molar-refractivity contribution in [3.05, 3.63) is 71.1 Å². The lowest BCUT2D eigenvalue weighted by Gasteiger charge is -2.40. The van der Waals surface area contributed by atoms with Gasteiger partial charge in [0.1, 0.15) is 6.04 Å². The zero-order chi connectivity index (χ0) is 23.3. The van der Waals surface area contributed by atoms with Crippen LogP contribution in [0.15, 0.2) is 59.1 Å². The van der Waals surface area contributed by atoms with Crippen molar-refractivity contribution >= 4 is 17.5 Å². The van der Waals surface area contributed by atoms with Gasteiger partial charge in [-0.25, -0.2) is 0 Å². The predicted molar refractivity (Wildman–Crippen MR) is 128 cm³/mol. The van der Waals surface area contributed by atoms with Gasteiger partial charge in [0.05, 0.1) is 19.8 Å². The lowest BCUT2D eigenvalue weighted by molar-refractivity contribution is -0.142. The van der Waals surface area contributed by atoms with Gasteiger partial charge in [0, 0.05) is 49.9 Å². The number of morpholine rings is 1. The van der Waals surface area contributed by atoms with E-state index in [-0.39, 0.29) is 11.9 Å².